The fourth-order valence-electron chi connectivity index (χ4n) is 3.40. The summed E-state index contributed by atoms with van der Waals surface area (Å²) < 4.78 is 40.3. The summed E-state index contributed by atoms with van der Waals surface area (Å²) in [5, 5.41) is 6.67. The number of fused-ring (bicyclic) bond motifs is 1. The van der Waals surface area contributed by atoms with Gasteiger partial charge in [-0.3, -0.25) is 14.3 Å². The zero-order valence-electron chi connectivity index (χ0n) is 18.0. The average molecular weight is 469 g/mol. The molecule has 1 aromatic carbocycles. The number of halogens is 3. The van der Waals surface area contributed by atoms with Gasteiger partial charge in [0.25, 0.3) is 5.91 Å². The Morgan fingerprint density at radius 2 is 1.85 bits per heavy atom. The van der Waals surface area contributed by atoms with Crippen molar-refractivity contribution in [3.63, 3.8) is 0 Å². The standard InChI is InChI=1S/C22H18F3N7O2/c1-11-7-13(3-4-14(11)30-21(34)16-5-6-28-32(16)10-18(26)33)20-27-9-15-19(31-20)12(2)8-17(29-15)22(23,24)25/h3-9H,10H2,1-2H3,(H2,26,33)(H,30,34). The molecule has 0 spiro atoms. The number of carbonyl (C=O) groups is 2. The van der Waals surface area contributed by atoms with Crippen LogP contribution in [0.1, 0.15) is 27.3 Å². The summed E-state index contributed by atoms with van der Waals surface area (Å²) in [7, 11) is 0. The maximum Gasteiger partial charge on any atom is 0.433 e. The summed E-state index contributed by atoms with van der Waals surface area (Å²) in [6.07, 6.45) is -1.92. The third kappa shape index (κ3) is 4.56. The largest absolute Gasteiger partial charge is 0.433 e. The molecule has 174 valence electrons. The number of anilines is 1. The summed E-state index contributed by atoms with van der Waals surface area (Å²) in [5.41, 5.74) is 6.84. The second-order valence-corrected chi connectivity index (χ2v) is 7.57. The van der Waals surface area contributed by atoms with Crippen LogP contribution in [0.2, 0.25) is 0 Å². The van der Waals surface area contributed by atoms with Gasteiger partial charge >= 0.3 is 6.18 Å². The fourth-order valence-corrected chi connectivity index (χ4v) is 3.40. The smallest absolute Gasteiger partial charge is 0.368 e. The minimum atomic E-state index is -4.56. The summed E-state index contributed by atoms with van der Waals surface area (Å²) in [6, 6.07) is 7.49. The average Bonchev–Trinajstić information content (AvgIpc) is 3.21. The van der Waals surface area contributed by atoms with Crippen LogP contribution in [0.15, 0.2) is 42.7 Å². The Hall–Kier alpha value is -4.35. The van der Waals surface area contributed by atoms with Crippen LogP contribution in [-0.4, -0.2) is 36.5 Å². The van der Waals surface area contributed by atoms with E-state index in [1.54, 1.807) is 25.1 Å². The Kier molecular flexibility index (Phi) is 5.73. The molecule has 0 saturated carbocycles. The van der Waals surface area contributed by atoms with Crippen LogP contribution < -0.4 is 11.1 Å². The number of amides is 2. The molecule has 4 rings (SSSR count). The fraction of sp³-hybridized carbons (Fsp3) is 0.182. The molecule has 0 aliphatic rings. The molecule has 0 radical (unpaired) electrons. The number of primary amides is 1. The Labute approximate surface area is 190 Å². The molecule has 2 amide bonds. The van der Waals surface area contributed by atoms with Gasteiger partial charge in [-0.25, -0.2) is 15.0 Å². The van der Waals surface area contributed by atoms with Crippen LogP contribution in [0.4, 0.5) is 18.9 Å². The summed E-state index contributed by atoms with van der Waals surface area (Å²) in [6.45, 7) is 3.07. The van der Waals surface area contributed by atoms with Crippen molar-refractivity contribution in [1.82, 2.24) is 24.7 Å². The van der Waals surface area contributed by atoms with Crippen molar-refractivity contribution in [2.45, 2.75) is 26.6 Å². The number of carbonyl (C=O) groups excluding carboxylic acids is 2. The molecule has 3 N–H and O–H groups in total. The van der Waals surface area contributed by atoms with Crippen molar-refractivity contribution < 1.29 is 22.8 Å². The van der Waals surface area contributed by atoms with Crippen molar-refractivity contribution in [3.05, 3.63) is 65.2 Å². The second-order valence-electron chi connectivity index (χ2n) is 7.57. The molecule has 0 aliphatic heterocycles. The molecule has 3 heterocycles. The van der Waals surface area contributed by atoms with Crippen LogP contribution in [-0.2, 0) is 17.5 Å². The lowest BCUT2D eigenvalue weighted by atomic mass is 10.1. The summed E-state index contributed by atoms with van der Waals surface area (Å²) in [5.74, 6) is -0.801. The number of hydrogen-bond acceptors (Lipinski definition) is 6. The number of nitrogens with two attached hydrogens (primary N) is 1. The molecule has 12 heteroatoms. The van der Waals surface area contributed by atoms with E-state index in [1.807, 2.05) is 0 Å². The number of benzene rings is 1. The molecule has 0 atom stereocenters. The molecule has 3 aromatic heterocycles. The number of nitrogens with one attached hydrogen (secondary N) is 1. The molecule has 9 nitrogen and oxygen atoms in total. The Bertz CT molecular complexity index is 1430. The second kappa shape index (κ2) is 8.54. The molecular formula is C22H18F3N7O2. The predicted octanol–water partition coefficient (Wildman–Crippen LogP) is 3.26. The number of alkyl halides is 3. The van der Waals surface area contributed by atoms with E-state index in [4.69, 9.17) is 5.73 Å². The zero-order chi connectivity index (χ0) is 24.6. The van der Waals surface area contributed by atoms with Gasteiger partial charge in [-0.2, -0.15) is 18.3 Å². The minimum absolute atomic E-state index is 0.0456. The highest BCUT2D eigenvalue weighted by molar-refractivity contribution is 6.03. The van der Waals surface area contributed by atoms with E-state index in [1.165, 1.54) is 30.1 Å². The highest BCUT2D eigenvalue weighted by Gasteiger charge is 2.33. The minimum Gasteiger partial charge on any atom is -0.368 e. The third-order valence-electron chi connectivity index (χ3n) is 5.02. The van der Waals surface area contributed by atoms with Gasteiger partial charge in [0.05, 0.1) is 11.7 Å². The van der Waals surface area contributed by atoms with E-state index in [0.29, 0.717) is 33.7 Å². The zero-order valence-corrected chi connectivity index (χ0v) is 18.0. The lowest BCUT2D eigenvalue weighted by Crippen LogP contribution is -2.24. The molecule has 34 heavy (non-hydrogen) atoms. The highest BCUT2D eigenvalue weighted by Crippen LogP contribution is 2.31. The molecular weight excluding hydrogens is 451 g/mol. The van der Waals surface area contributed by atoms with E-state index >= 15 is 0 Å². The maximum absolute atomic E-state index is 13.0. The van der Waals surface area contributed by atoms with Crippen LogP contribution in [0.25, 0.3) is 22.4 Å². The van der Waals surface area contributed by atoms with Gasteiger partial charge in [0.1, 0.15) is 23.4 Å². The summed E-state index contributed by atoms with van der Waals surface area (Å²) in [4.78, 5) is 36.0. The maximum atomic E-state index is 13.0. The first-order chi connectivity index (χ1) is 16.0. The predicted molar refractivity (Wildman–Crippen MR) is 117 cm³/mol. The number of aryl methyl sites for hydroxylation is 2. The molecule has 0 bridgehead atoms. The first kappa shape index (κ1) is 22.8. The number of hydrogen-bond donors (Lipinski definition) is 2. The normalized spacial score (nSPS) is 11.6. The van der Waals surface area contributed by atoms with E-state index < -0.39 is 23.7 Å². The van der Waals surface area contributed by atoms with E-state index in [9.17, 15) is 22.8 Å². The first-order valence-electron chi connectivity index (χ1n) is 9.97. The number of rotatable bonds is 5. The molecule has 0 saturated heterocycles. The Morgan fingerprint density at radius 3 is 2.53 bits per heavy atom. The lowest BCUT2D eigenvalue weighted by molar-refractivity contribution is -0.141. The summed E-state index contributed by atoms with van der Waals surface area (Å²) >= 11 is 0. The van der Waals surface area contributed by atoms with Crippen LogP contribution in [0, 0.1) is 13.8 Å². The molecule has 0 unspecified atom stereocenters. The lowest BCUT2D eigenvalue weighted by Gasteiger charge is -2.12. The topological polar surface area (TPSA) is 129 Å². The van der Waals surface area contributed by atoms with E-state index in [2.05, 4.69) is 25.4 Å². The van der Waals surface area contributed by atoms with Crippen LogP contribution in [0.3, 0.4) is 0 Å². The van der Waals surface area contributed by atoms with Crippen LogP contribution in [0.5, 0.6) is 0 Å². The Balaban J connectivity index is 1.61. The van der Waals surface area contributed by atoms with E-state index in [0.717, 1.165) is 6.07 Å². The van der Waals surface area contributed by atoms with E-state index in [-0.39, 0.29) is 17.8 Å². The number of pyridine rings is 1. The monoisotopic (exact) mass is 469 g/mol. The molecule has 4 aromatic rings. The van der Waals surface area contributed by atoms with Crippen molar-refractivity contribution >= 4 is 28.5 Å². The molecule has 0 fully saturated rings. The number of nitrogens with zero attached hydrogens (tertiary/aromatic N) is 5. The number of aromatic nitrogens is 5. The third-order valence-corrected chi connectivity index (χ3v) is 5.02. The van der Waals surface area contributed by atoms with Crippen molar-refractivity contribution in [1.29, 1.82) is 0 Å². The van der Waals surface area contributed by atoms with Gasteiger partial charge in [-0.05, 0) is 55.3 Å². The molecule has 0 aliphatic carbocycles. The van der Waals surface area contributed by atoms with Crippen LogP contribution >= 0.6 is 0 Å². The van der Waals surface area contributed by atoms with Gasteiger partial charge in [0.15, 0.2) is 5.82 Å². The first-order valence-corrected chi connectivity index (χ1v) is 9.97. The SMILES string of the molecule is Cc1cc(-c2ncc3nc(C(F)(F)F)cc(C)c3n2)ccc1NC(=O)c1ccnn1CC(N)=O. The Morgan fingerprint density at radius 1 is 1.09 bits per heavy atom. The highest BCUT2D eigenvalue weighted by atomic mass is 19.4. The van der Waals surface area contributed by atoms with Gasteiger partial charge in [0.2, 0.25) is 5.91 Å². The van der Waals surface area contributed by atoms with Crippen molar-refractivity contribution in [2.24, 2.45) is 5.73 Å². The van der Waals surface area contributed by atoms with Gasteiger partial charge < -0.3 is 11.1 Å². The van der Waals surface area contributed by atoms with Gasteiger partial charge in [-0.1, -0.05) is 0 Å². The quantitative estimate of drug-likeness (QED) is 0.462. The van der Waals surface area contributed by atoms with Gasteiger partial charge in [-0.15, -0.1) is 0 Å². The van der Waals surface area contributed by atoms with Crippen molar-refractivity contribution in [2.75, 3.05) is 5.32 Å². The van der Waals surface area contributed by atoms with Crippen molar-refractivity contribution in [3.8, 4) is 11.4 Å². The van der Waals surface area contributed by atoms with Gasteiger partial charge in [0, 0.05) is 17.4 Å².